The fourth-order valence-electron chi connectivity index (χ4n) is 1.91. The normalized spacial score (nSPS) is 10.9. The van der Waals surface area contributed by atoms with Gasteiger partial charge < -0.3 is 10.0 Å². The Kier molecular flexibility index (Phi) is 4.55. The molecule has 1 aromatic heterocycles. The molecular formula is C13H16BNO2S. The summed E-state index contributed by atoms with van der Waals surface area (Å²) in [4.78, 5) is 2.20. The first-order chi connectivity index (χ1) is 8.65. The SMILES string of the molecule is CN(Cc1ccsc1)Cc1cccc(B(O)O)c1. The summed E-state index contributed by atoms with van der Waals surface area (Å²) in [7, 11) is 0.659. The molecule has 2 rings (SSSR count). The Morgan fingerprint density at radius 2 is 1.94 bits per heavy atom. The Morgan fingerprint density at radius 3 is 2.61 bits per heavy atom. The lowest BCUT2D eigenvalue weighted by atomic mass is 9.79. The third-order valence-electron chi connectivity index (χ3n) is 2.73. The third kappa shape index (κ3) is 3.68. The van der Waals surface area contributed by atoms with Crippen LogP contribution < -0.4 is 5.46 Å². The molecule has 0 saturated heterocycles. The molecule has 94 valence electrons. The van der Waals surface area contributed by atoms with Crippen LogP contribution in [0.1, 0.15) is 11.1 Å². The summed E-state index contributed by atoms with van der Waals surface area (Å²) in [5.74, 6) is 0. The topological polar surface area (TPSA) is 43.7 Å². The molecule has 5 heteroatoms. The Labute approximate surface area is 111 Å². The summed E-state index contributed by atoms with van der Waals surface area (Å²) in [6.45, 7) is 1.69. The van der Waals surface area contributed by atoms with Gasteiger partial charge >= 0.3 is 7.12 Å². The van der Waals surface area contributed by atoms with E-state index in [1.54, 1.807) is 17.4 Å². The Bertz CT molecular complexity index is 487. The Hall–Kier alpha value is -1.14. The lowest BCUT2D eigenvalue weighted by Crippen LogP contribution is -2.30. The van der Waals surface area contributed by atoms with Gasteiger partial charge in [-0.1, -0.05) is 24.3 Å². The Balaban J connectivity index is 1.98. The molecule has 0 fully saturated rings. The monoisotopic (exact) mass is 261 g/mol. The standard InChI is InChI=1S/C13H16BNO2S/c1-15(9-12-5-6-18-10-12)8-11-3-2-4-13(7-11)14(16)17/h2-7,10,16-17H,8-9H2,1H3. The molecule has 1 heterocycles. The van der Waals surface area contributed by atoms with E-state index >= 15 is 0 Å². The van der Waals surface area contributed by atoms with Crippen molar-refractivity contribution in [1.29, 1.82) is 0 Å². The zero-order chi connectivity index (χ0) is 13.0. The van der Waals surface area contributed by atoms with Crippen LogP contribution in [-0.4, -0.2) is 29.1 Å². The number of hydrogen-bond donors (Lipinski definition) is 2. The lowest BCUT2D eigenvalue weighted by molar-refractivity contribution is 0.319. The summed E-state index contributed by atoms with van der Waals surface area (Å²) >= 11 is 1.70. The van der Waals surface area contributed by atoms with E-state index in [0.29, 0.717) is 5.46 Å². The summed E-state index contributed by atoms with van der Waals surface area (Å²) in [5, 5.41) is 22.5. The van der Waals surface area contributed by atoms with Crippen LogP contribution >= 0.6 is 11.3 Å². The number of benzene rings is 1. The number of rotatable bonds is 5. The molecule has 0 spiro atoms. The lowest BCUT2D eigenvalue weighted by Gasteiger charge is -2.16. The highest BCUT2D eigenvalue weighted by atomic mass is 32.1. The van der Waals surface area contributed by atoms with Crippen molar-refractivity contribution in [2.24, 2.45) is 0 Å². The molecule has 0 atom stereocenters. The molecule has 0 bridgehead atoms. The van der Waals surface area contributed by atoms with Crippen molar-refractivity contribution >= 4 is 23.9 Å². The minimum absolute atomic E-state index is 0.538. The van der Waals surface area contributed by atoms with Crippen LogP contribution in [0.2, 0.25) is 0 Å². The molecule has 0 aliphatic carbocycles. The van der Waals surface area contributed by atoms with Crippen molar-refractivity contribution in [2.75, 3.05) is 7.05 Å². The summed E-state index contributed by atoms with van der Waals surface area (Å²) in [5.41, 5.74) is 2.93. The largest absolute Gasteiger partial charge is 0.488 e. The van der Waals surface area contributed by atoms with Gasteiger partial charge in [0.15, 0.2) is 0 Å². The maximum absolute atomic E-state index is 9.13. The maximum Gasteiger partial charge on any atom is 0.488 e. The summed E-state index contributed by atoms with van der Waals surface area (Å²) < 4.78 is 0. The summed E-state index contributed by atoms with van der Waals surface area (Å²) in [6, 6.07) is 9.51. The van der Waals surface area contributed by atoms with E-state index in [-0.39, 0.29) is 0 Å². The number of nitrogens with zero attached hydrogens (tertiary/aromatic N) is 1. The van der Waals surface area contributed by atoms with E-state index in [1.165, 1.54) is 5.56 Å². The van der Waals surface area contributed by atoms with Gasteiger partial charge in [0.1, 0.15) is 0 Å². The summed E-state index contributed by atoms with van der Waals surface area (Å²) in [6.07, 6.45) is 0. The second-order valence-corrected chi connectivity index (χ2v) is 5.20. The van der Waals surface area contributed by atoms with E-state index in [1.807, 2.05) is 18.2 Å². The highest BCUT2D eigenvalue weighted by Gasteiger charge is 2.11. The van der Waals surface area contributed by atoms with Crippen LogP contribution in [0.4, 0.5) is 0 Å². The first-order valence-electron chi connectivity index (χ1n) is 5.80. The van der Waals surface area contributed by atoms with Gasteiger partial charge in [-0.3, -0.25) is 4.90 Å². The van der Waals surface area contributed by atoms with Gasteiger partial charge in [0.25, 0.3) is 0 Å². The number of thiophene rings is 1. The quantitative estimate of drug-likeness (QED) is 0.791. The highest BCUT2D eigenvalue weighted by molar-refractivity contribution is 7.07. The molecule has 2 N–H and O–H groups in total. The van der Waals surface area contributed by atoms with E-state index in [2.05, 4.69) is 28.8 Å². The van der Waals surface area contributed by atoms with Crippen molar-refractivity contribution < 1.29 is 10.0 Å². The van der Waals surface area contributed by atoms with E-state index in [9.17, 15) is 0 Å². The zero-order valence-electron chi connectivity index (χ0n) is 10.3. The molecule has 0 saturated carbocycles. The van der Waals surface area contributed by atoms with Crippen LogP contribution in [0.15, 0.2) is 41.1 Å². The molecule has 2 aromatic rings. The van der Waals surface area contributed by atoms with Crippen molar-refractivity contribution in [2.45, 2.75) is 13.1 Å². The predicted octanol–water partition coefficient (Wildman–Crippen LogP) is 1.06. The van der Waals surface area contributed by atoms with Gasteiger partial charge in [0.2, 0.25) is 0 Å². The fourth-order valence-corrected chi connectivity index (χ4v) is 2.57. The molecule has 1 aromatic carbocycles. The maximum atomic E-state index is 9.13. The molecule has 0 aliphatic rings. The van der Waals surface area contributed by atoms with E-state index in [0.717, 1.165) is 18.7 Å². The van der Waals surface area contributed by atoms with Gasteiger partial charge in [-0.15, -0.1) is 0 Å². The van der Waals surface area contributed by atoms with E-state index < -0.39 is 7.12 Å². The highest BCUT2D eigenvalue weighted by Crippen LogP contribution is 2.10. The van der Waals surface area contributed by atoms with E-state index in [4.69, 9.17) is 10.0 Å². The second kappa shape index (κ2) is 6.16. The third-order valence-corrected chi connectivity index (χ3v) is 3.47. The molecule has 3 nitrogen and oxygen atoms in total. The van der Waals surface area contributed by atoms with Gasteiger partial charge in [-0.25, -0.2) is 0 Å². The fraction of sp³-hybridized carbons (Fsp3) is 0.231. The minimum Gasteiger partial charge on any atom is -0.423 e. The first-order valence-corrected chi connectivity index (χ1v) is 6.74. The van der Waals surface area contributed by atoms with Crippen LogP contribution in [0, 0.1) is 0 Å². The van der Waals surface area contributed by atoms with Crippen LogP contribution in [0.3, 0.4) is 0 Å². The average molecular weight is 261 g/mol. The van der Waals surface area contributed by atoms with Crippen molar-refractivity contribution in [3.05, 3.63) is 52.2 Å². The minimum atomic E-state index is -1.40. The molecule has 0 aliphatic heterocycles. The zero-order valence-corrected chi connectivity index (χ0v) is 11.1. The molecule has 0 radical (unpaired) electrons. The molecule has 18 heavy (non-hydrogen) atoms. The smallest absolute Gasteiger partial charge is 0.423 e. The van der Waals surface area contributed by atoms with Gasteiger partial charge in [0.05, 0.1) is 0 Å². The Morgan fingerprint density at radius 1 is 1.17 bits per heavy atom. The predicted molar refractivity (Wildman–Crippen MR) is 75.8 cm³/mol. The number of hydrogen-bond acceptors (Lipinski definition) is 4. The van der Waals surface area contributed by atoms with Gasteiger partial charge in [-0.2, -0.15) is 11.3 Å². The molecular weight excluding hydrogens is 245 g/mol. The van der Waals surface area contributed by atoms with Crippen molar-refractivity contribution in [3.63, 3.8) is 0 Å². The van der Waals surface area contributed by atoms with Gasteiger partial charge in [-0.05, 0) is 40.5 Å². The average Bonchev–Trinajstić information content (AvgIpc) is 2.82. The van der Waals surface area contributed by atoms with Crippen molar-refractivity contribution in [1.82, 2.24) is 4.90 Å². The molecule has 0 amide bonds. The van der Waals surface area contributed by atoms with Crippen LogP contribution in [0.25, 0.3) is 0 Å². The van der Waals surface area contributed by atoms with Crippen LogP contribution in [0.5, 0.6) is 0 Å². The van der Waals surface area contributed by atoms with Crippen molar-refractivity contribution in [3.8, 4) is 0 Å². The molecule has 0 unspecified atom stereocenters. The van der Waals surface area contributed by atoms with Gasteiger partial charge in [0, 0.05) is 13.1 Å². The second-order valence-electron chi connectivity index (χ2n) is 4.42. The first kappa shape index (κ1) is 13.3. The van der Waals surface area contributed by atoms with Crippen LogP contribution in [-0.2, 0) is 13.1 Å².